The zero-order chi connectivity index (χ0) is 11.7. The van der Waals surface area contributed by atoms with Gasteiger partial charge in [-0.15, -0.1) is 0 Å². The topological polar surface area (TPSA) is 3.24 Å². The Balaban J connectivity index is 0.000000921. The highest BCUT2D eigenvalue weighted by Gasteiger charge is 1.93. The third-order valence-corrected chi connectivity index (χ3v) is 1.91. The fourth-order valence-corrected chi connectivity index (χ4v) is 1.13. The van der Waals surface area contributed by atoms with Gasteiger partial charge >= 0.3 is 0 Å². The van der Waals surface area contributed by atoms with E-state index in [2.05, 4.69) is 31.8 Å². The van der Waals surface area contributed by atoms with Gasteiger partial charge in [0.25, 0.3) is 0 Å². The molecule has 82 valence electrons. The molecule has 0 spiro atoms. The van der Waals surface area contributed by atoms with Gasteiger partial charge in [0.05, 0.1) is 0 Å². The molecule has 1 rings (SSSR count). The SMILES string of the molecule is C=CN(C)/C=C(\C)c1ccccc1.CC. The molecule has 0 atom stereocenters. The molecule has 0 bridgehead atoms. The lowest BCUT2D eigenvalue weighted by Gasteiger charge is -2.09. The Labute approximate surface area is 93.7 Å². The number of nitrogens with zero attached hydrogens (tertiary/aromatic N) is 1. The predicted octanol–water partition coefficient (Wildman–Crippen LogP) is 4.15. The summed E-state index contributed by atoms with van der Waals surface area (Å²) < 4.78 is 0. The van der Waals surface area contributed by atoms with Gasteiger partial charge in [0.2, 0.25) is 0 Å². The first kappa shape index (κ1) is 13.5. The van der Waals surface area contributed by atoms with E-state index in [0.29, 0.717) is 0 Å². The number of allylic oxidation sites excluding steroid dienone is 1. The highest BCUT2D eigenvalue weighted by atomic mass is 15.0. The summed E-state index contributed by atoms with van der Waals surface area (Å²) in [5.41, 5.74) is 2.49. The first-order valence-corrected chi connectivity index (χ1v) is 5.32. The smallest absolute Gasteiger partial charge is 0.0106 e. The van der Waals surface area contributed by atoms with Crippen LogP contribution in [0.4, 0.5) is 0 Å². The van der Waals surface area contributed by atoms with E-state index in [0.717, 1.165) is 0 Å². The number of hydrogen-bond acceptors (Lipinski definition) is 1. The molecule has 0 unspecified atom stereocenters. The number of hydrogen-bond donors (Lipinski definition) is 0. The van der Waals surface area contributed by atoms with Gasteiger partial charge in [-0.25, -0.2) is 0 Å². The van der Waals surface area contributed by atoms with Gasteiger partial charge in [0.1, 0.15) is 0 Å². The zero-order valence-electron chi connectivity index (χ0n) is 10.2. The molecule has 0 aliphatic carbocycles. The Hall–Kier alpha value is -1.50. The van der Waals surface area contributed by atoms with Crippen molar-refractivity contribution < 1.29 is 0 Å². The first-order chi connectivity index (χ1) is 7.24. The van der Waals surface area contributed by atoms with E-state index in [1.807, 2.05) is 44.0 Å². The van der Waals surface area contributed by atoms with E-state index in [1.54, 1.807) is 6.20 Å². The van der Waals surface area contributed by atoms with Crippen molar-refractivity contribution in [2.75, 3.05) is 7.05 Å². The Morgan fingerprint density at radius 2 is 1.73 bits per heavy atom. The molecule has 0 amide bonds. The molecule has 0 N–H and O–H groups in total. The molecule has 1 aromatic carbocycles. The molecule has 1 nitrogen and oxygen atoms in total. The lowest BCUT2D eigenvalue weighted by molar-refractivity contribution is 0.630. The fourth-order valence-electron chi connectivity index (χ4n) is 1.13. The van der Waals surface area contributed by atoms with Crippen molar-refractivity contribution in [3.63, 3.8) is 0 Å². The van der Waals surface area contributed by atoms with Crippen molar-refractivity contribution in [1.29, 1.82) is 0 Å². The summed E-state index contributed by atoms with van der Waals surface area (Å²) in [7, 11) is 1.97. The molecule has 0 saturated carbocycles. The van der Waals surface area contributed by atoms with E-state index in [-0.39, 0.29) is 0 Å². The average Bonchev–Trinajstić information content (AvgIpc) is 2.32. The van der Waals surface area contributed by atoms with Crippen LogP contribution in [-0.2, 0) is 0 Å². The highest BCUT2D eigenvalue weighted by molar-refractivity contribution is 5.63. The van der Waals surface area contributed by atoms with Gasteiger partial charge in [0, 0.05) is 13.2 Å². The Kier molecular flexibility index (Phi) is 7.08. The summed E-state index contributed by atoms with van der Waals surface area (Å²) in [5.74, 6) is 0. The predicted molar refractivity (Wildman–Crippen MR) is 69.4 cm³/mol. The van der Waals surface area contributed by atoms with Crippen LogP contribution in [0.2, 0.25) is 0 Å². The summed E-state index contributed by atoms with van der Waals surface area (Å²) in [4.78, 5) is 1.95. The standard InChI is InChI=1S/C12H15N.C2H6/c1-4-13(3)10-11(2)12-8-6-5-7-9-12;1-2/h4-10H,1H2,2-3H3;1-2H3/b11-10+;. The lowest BCUT2D eigenvalue weighted by atomic mass is 10.1. The van der Waals surface area contributed by atoms with Crippen LogP contribution in [0.1, 0.15) is 26.3 Å². The monoisotopic (exact) mass is 203 g/mol. The summed E-state index contributed by atoms with van der Waals surface area (Å²) in [6, 6.07) is 10.3. The zero-order valence-corrected chi connectivity index (χ0v) is 10.2. The minimum atomic E-state index is 1.24. The van der Waals surface area contributed by atoms with Crippen LogP contribution in [-0.4, -0.2) is 11.9 Å². The quantitative estimate of drug-likeness (QED) is 0.713. The van der Waals surface area contributed by atoms with E-state index >= 15 is 0 Å². The number of rotatable bonds is 3. The molecule has 1 heteroatoms. The molecule has 0 fully saturated rings. The van der Waals surface area contributed by atoms with Gasteiger partial charge < -0.3 is 4.90 Å². The largest absolute Gasteiger partial charge is 0.358 e. The van der Waals surface area contributed by atoms with Gasteiger partial charge in [-0.1, -0.05) is 50.8 Å². The summed E-state index contributed by atoms with van der Waals surface area (Å²) in [5, 5.41) is 0. The maximum atomic E-state index is 3.69. The Morgan fingerprint density at radius 3 is 2.20 bits per heavy atom. The molecular formula is C14H21N. The van der Waals surface area contributed by atoms with Crippen LogP contribution >= 0.6 is 0 Å². The maximum Gasteiger partial charge on any atom is 0.0106 e. The highest BCUT2D eigenvalue weighted by Crippen LogP contribution is 2.12. The van der Waals surface area contributed by atoms with Crippen molar-refractivity contribution in [2.24, 2.45) is 0 Å². The van der Waals surface area contributed by atoms with E-state index < -0.39 is 0 Å². The molecule has 1 aromatic rings. The normalized spacial score (nSPS) is 10.0. The maximum absolute atomic E-state index is 3.69. The van der Waals surface area contributed by atoms with Gasteiger partial charge in [-0.2, -0.15) is 0 Å². The van der Waals surface area contributed by atoms with Crippen LogP contribution in [0.3, 0.4) is 0 Å². The van der Waals surface area contributed by atoms with Crippen molar-refractivity contribution in [3.05, 3.63) is 54.9 Å². The third kappa shape index (κ3) is 5.06. The average molecular weight is 203 g/mol. The second-order valence-electron chi connectivity index (χ2n) is 3.03. The van der Waals surface area contributed by atoms with Crippen molar-refractivity contribution in [1.82, 2.24) is 4.90 Å². The first-order valence-electron chi connectivity index (χ1n) is 5.32. The molecule has 0 aromatic heterocycles. The minimum Gasteiger partial charge on any atom is -0.358 e. The number of benzene rings is 1. The van der Waals surface area contributed by atoms with Gasteiger partial charge in [-0.05, 0) is 24.3 Å². The molecule has 0 aliphatic heterocycles. The summed E-state index contributed by atoms with van der Waals surface area (Å²) >= 11 is 0. The molecular weight excluding hydrogens is 182 g/mol. The van der Waals surface area contributed by atoms with Crippen LogP contribution in [0, 0.1) is 0 Å². The van der Waals surface area contributed by atoms with E-state index in [4.69, 9.17) is 0 Å². The molecule has 0 saturated heterocycles. The Bertz CT molecular complexity index is 298. The van der Waals surface area contributed by atoms with E-state index in [9.17, 15) is 0 Å². The van der Waals surface area contributed by atoms with Crippen molar-refractivity contribution in [2.45, 2.75) is 20.8 Å². The molecule has 15 heavy (non-hydrogen) atoms. The van der Waals surface area contributed by atoms with Gasteiger partial charge in [-0.3, -0.25) is 0 Å². The van der Waals surface area contributed by atoms with Crippen LogP contribution in [0.5, 0.6) is 0 Å². The third-order valence-electron chi connectivity index (χ3n) is 1.91. The molecule has 0 heterocycles. The molecule has 0 aliphatic rings. The lowest BCUT2D eigenvalue weighted by Crippen LogP contribution is -1.99. The Morgan fingerprint density at radius 1 is 1.20 bits per heavy atom. The summed E-state index contributed by atoms with van der Waals surface area (Å²) in [6.45, 7) is 9.78. The van der Waals surface area contributed by atoms with Gasteiger partial charge in [0.15, 0.2) is 0 Å². The van der Waals surface area contributed by atoms with Crippen LogP contribution in [0.25, 0.3) is 5.57 Å². The second kappa shape index (κ2) is 7.86. The molecule has 0 radical (unpaired) electrons. The van der Waals surface area contributed by atoms with E-state index in [1.165, 1.54) is 11.1 Å². The van der Waals surface area contributed by atoms with Crippen LogP contribution in [0.15, 0.2) is 49.3 Å². The van der Waals surface area contributed by atoms with Crippen molar-refractivity contribution >= 4 is 5.57 Å². The fraction of sp³-hybridized carbons (Fsp3) is 0.286. The minimum absolute atomic E-state index is 1.24. The van der Waals surface area contributed by atoms with Crippen molar-refractivity contribution in [3.8, 4) is 0 Å². The summed E-state index contributed by atoms with van der Waals surface area (Å²) in [6.07, 6.45) is 3.84. The van der Waals surface area contributed by atoms with Crippen LogP contribution < -0.4 is 0 Å². The second-order valence-corrected chi connectivity index (χ2v) is 3.03.